The van der Waals surface area contributed by atoms with Gasteiger partial charge in [-0.2, -0.15) is 0 Å². The molecule has 9 heteroatoms. The highest BCUT2D eigenvalue weighted by molar-refractivity contribution is 7.98. The van der Waals surface area contributed by atoms with E-state index in [1.54, 1.807) is 18.0 Å². The van der Waals surface area contributed by atoms with Crippen molar-refractivity contribution in [3.63, 3.8) is 0 Å². The number of aromatic nitrogens is 8. The van der Waals surface area contributed by atoms with Crippen LogP contribution in [-0.4, -0.2) is 40.0 Å². The van der Waals surface area contributed by atoms with Crippen molar-refractivity contribution in [2.24, 2.45) is 0 Å². The number of nitrogens with zero attached hydrogens (tertiary/aromatic N) is 8. The van der Waals surface area contributed by atoms with Gasteiger partial charge in [0.2, 0.25) is 0 Å². The minimum Gasteiger partial charge on any atom is -0.270 e. The Bertz CT molecular complexity index is 1120. The molecule has 0 bridgehead atoms. The Morgan fingerprint density at radius 1 is 1.03 bits per heavy atom. The van der Waals surface area contributed by atoms with Crippen molar-refractivity contribution in [2.45, 2.75) is 57.0 Å². The van der Waals surface area contributed by atoms with Crippen LogP contribution in [0.15, 0.2) is 53.9 Å². The zero-order valence-electron chi connectivity index (χ0n) is 18.0. The molecule has 0 amide bonds. The molecule has 160 valence electrons. The number of aryl methyl sites for hydroxylation is 1. The number of hydrogen-bond donors (Lipinski definition) is 0. The maximum absolute atomic E-state index is 4.53. The molecule has 0 saturated carbocycles. The molecule has 0 saturated heterocycles. The molecule has 0 aliphatic heterocycles. The van der Waals surface area contributed by atoms with E-state index < -0.39 is 0 Å². The number of rotatable bonds is 9. The van der Waals surface area contributed by atoms with Crippen molar-refractivity contribution in [3.8, 4) is 17.1 Å². The van der Waals surface area contributed by atoms with E-state index in [1.165, 1.54) is 5.56 Å². The lowest BCUT2D eigenvalue weighted by Crippen LogP contribution is -2.07. The molecule has 31 heavy (non-hydrogen) atoms. The molecule has 4 rings (SSSR count). The molecule has 8 nitrogen and oxygen atoms in total. The van der Waals surface area contributed by atoms with Crippen LogP contribution in [0.4, 0.5) is 0 Å². The summed E-state index contributed by atoms with van der Waals surface area (Å²) in [4.78, 5) is 4.27. The topological polar surface area (TPSA) is 87.2 Å². The summed E-state index contributed by atoms with van der Waals surface area (Å²) in [6, 6.07) is 12.3. The van der Waals surface area contributed by atoms with Gasteiger partial charge in [0.1, 0.15) is 0 Å². The molecule has 0 aliphatic rings. The third-order valence-corrected chi connectivity index (χ3v) is 5.94. The standard InChI is InChI=1S/C22H26N8S/c1-4-5-13-29-20(24-27-28-29)15-31-22-26-25-21(17-9-8-12-23-14-17)30(22)19-11-7-6-10-18(19)16(2)3/h6-12,14,16H,4-5,13,15H2,1-3H3. The molecular weight excluding hydrogens is 408 g/mol. The van der Waals surface area contributed by atoms with E-state index in [4.69, 9.17) is 0 Å². The number of benzene rings is 1. The van der Waals surface area contributed by atoms with Gasteiger partial charge >= 0.3 is 0 Å². The fourth-order valence-corrected chi connectivity index (χ4v) is 4.26. The SMILES string of the molecule is CCCCn1nnnc1CSc1nnc(-c2cccnc2)n1-c1ccccc1C(C)C. The van der Waals surface area contributed by atoms with Crippen LogP contribution in [0.5, 0.6) is 0 Å². The van der Waals surface area contributed by atoms with E-state index in [2.05, 4.69) is 74.2 Å². The zero-order chi connectivity index (χ0) is 21.6. The molecule has 0 fully saturated rings. The van der Waals surface area contributed by atoms with E-state index in [0.29, 0.717) is 11.7 Å². The first-order chi connectivity index (χ1) is 15.2. The second kappa shape index (κ2) is 9.82. The van der Waals surface area contributed by atoms with Crippen LogP contribution in [0.1, 0.15) is 50.9 Å². The van der Waals surface area contributed by atoms with Crippen molar-refractivity contribution in [3.05, 3.63) is 60.2 Å². The molecular formula is C22H26N8S. The van der Waals surface area contributed by atoms with Crippen molar-refractivity contribution >= 4 is 11.8 Å². The Kier molecular flexibility index (Phi) is 6.71. The third-order valence-electron chi connectivity index (χ3n) is 5.01. The predicted molar refractivity (Wildman–Crippen MR) is 121 cm³/mol. The first-order valence-electron chi connectivity index (χ1n) is 10.5. The van der Waals surface area contributed by atoms with Gasteiger partial charge in [-0.3, -0.25) is 9.55 Å². The van der Waals surface area contributed by atoms with E-state index in [0.717, 1.165) is 47.4 Å². The van der Waals surface area contributed by atoms with Gasteiger partial charge in [0.05, 0.1) is 11.4 Å². The van der Waals surface area contributed by atoms with E-state index >= 15 is 0 Å². The zero-order valence-corrected chi connectivity index (χ0v) is 18.8. The molecule has 0 atom stereocenters. The maximum atomic E-state index is 4.53. The number of hydrogen-bond acceptors (Lipinski definition) is 7. The summed E-state index contributed by atoms with van der Waals surface area (Å²) in [6.45, 7) is 7.37. The lowest BCUT2D eigenvalue weighted by atomic mass is 10.0. The van der Waals surface area contributed by atoms with Crippen molar-refractivity contribution in [1.29, 1.82) is 0 Å². The van der Waals surface area contributed by atoms with Gasteiger partial charge < -0.3 is 0 Å². The summed E-state index contributed by atoms with van der Waals surface area (Å²) < 4.78 is 4.00. The molecule has 0 unspecified atom stereocenters. The molecule has 3 aromatic heterocycles. The van der Waals surface area contributed by atoms with Crippen LogP contribution in [-0.2, 0) is 12.3 Å². The highest BCUT2D eigenvalue weighted by Crippen LogP contribution is 2.32. The average molecular weight is 435 g/mol. The van der Waals surface area contributed by atoms with Crippen molar-refractivity contribution in [2.75, 3.05) is 0 Å². The molecule has 0 radical (unpaired) electrons. The summed E-state index contributed by atoms with van der Waals surface area (Å²) in [5, 5.41) is 22.1. The minimum absolute atomic E-state index is 0.361. The normalized spacial score (nSPS) is 11.4. The summed E-state index contributed by atoms with van der Waals surface area (Å²) in [5.41, 5.74) is 3.24. The van der Waals surface area contributed by atoms with Gasteiger partial charge in [-0.1, -0.05) is 57.2 Å². The van der Waals surface area contributed by atoms with Gasteiger partial charge in [-0.15, -0.1) is 15.3 Å². The summed E-state index contributed by atoms with van der Waals surface area (Å²) >= 11 is 1.59. The van der Waals surface area contributed by atoms with Crippen LogP contribution in [0.2, 0.25) is 0 Å². The fraction of sp³-hybridized carbons (Fsp3) is 0.364. The summed E-state index contributed by atoms with van der Waals surface area (Å²) in [6.07, 6.45) is 5.73. The molecule has 4 aromatic rings. The van der Waals surface area contributed by atoms with Gasteiger partial charge in [0.15, 0.2) is 16.8 Å². The Labute approximate surface area is 186 Å². The fourth-order valence-electron chi connectivity index (χ4n) is 3.38. The van der Waals surface area contributed by atoms with Crippen LogP contribution in [0.25, 0.3) is 17.1 Å². The van der Waals surface area contributed by atoms with Crippen LogP contribution in [0.3, 0.4) is 0 Å². The van der Waals surface area contributed by atoms with Gasteiger partial charge in [-0.05, 0) is 46.5 Å². The van der Waals surface area contributed by atoms with Gasteiger partial charge in [0.25, 0.3) is 0 Å². The summed E-state index contributed by atoms with van der Waals surface area (Å²) in [5.74, 6) is 2.59. The Morgan fingerprint density at radius 3 is 2.68 bits per heavy atom. The quantitative estimate of drug-likeness (QED) is 0.358. The smallest absolute Gasteiger partial charge is 0.196 e. The maximum Gasteiger partial charge on any atom is 0.196 e. The number of pyridine rings is 1. The Hall–Kier alpha value is -3.07. The number of tetrazole rings is 1. The highest BCUT2D eigenvalue weighted by atomic mass is 32.2. The molecule has 0 aliphatic carbocycles. The highest BCUT2D eigenvalue weighted by Gasteiger charge is 2.20. The Morgan fingerprint density at radius 2 is 1.90 bits per heavy atom. The number of unbranched alkanes of at least 4 members (excludes halogenated alkanes) is 1. The van der Waals surface area contributed by atoms with Crippen LogP contribution < -0.4 is 0 Å². The molecule has 1 aromatic carbocycles. The van der Waals surface area contributed by atoms with E-state index in [-0.39, 0.29) is 0 Å². The van der Waals surface area contributed by atoms with Crippen molar-refractivity contribution in [1.82, 2.24) is 40.0 Å². The number of thioether (sulfide) groups is 1. The lowest BCUT2D eigenvalue weighted by molar-refractivity contribution is 0.540. The van der Waals surface area contributed by atoms with Crippen LogP contribution in [0, 0.1) is 0 Å². The first kappa shape index (κ1) is 21.2. The monoisotopic (exact) mass is 434 g/mol. The molecule has 3 heterocycles. The third kappa shape index (κ3) is 4.66. The summed E-state index contributed by atoms with van der Waals surface area (Å²) in [7, 11) is 0. The van der Waals surface area contributed by atoms with E-state index in [9.17, 15) is 0 Å². The predicted octanol–water partition coefficient (Wildman–Crippen LogP) is 4.53. The Balaban J connectivity index is 1.73. The minimum atomic E-state index is 0.361. The van der Waals surface area contributed by atoms with Crippen LogP contribution >= 0.6 is 11.8 Å². The van der Waals surface area contributed by atoms with Gasteiger partial charge in [0, 0.05) is 24.5 Å². The van der Waals surface area contributed by atoms with E-state index in [1.807, 2.05) is 29.1 Å². The van der Waals surface area contributed by atoms with Gasteiger partial charge in [-0.25, -0.2) is 4.68 Å². The second-order valence-electron chi connectivity index (χ2n) is 7.56. The average Bonchev–Trinajstić information content (AvgIpc) is 3.43. The molecule has 0 N–H and O–H groups in total. The number of para-hydroxylation sites is 1. The first-order valence-corrected chi connectivity index (χ1v) is 11.5. The lowest BCUT2D eigenvalue weighted by Gasteiger charge is -2.16. The van der Waals surface area contributed by atoms with Crippen molar-refractivity contribution < 1.29 is 0 Å². The largest absolute Gasteiger partial charge is 0.270 e. The second-order valence-corrected chi connectivity index (χ2v) is 8.50. The molecule has 0 spiro atoms.